The molecule has 0 bridgehead atoms. The molecule has 1 N–H and O–H groups in total. The Bertz CT molecular complexity index is 166. The summed E-state index contributed by atoms with van der Waals surface area (Å²) in [5.74, 6) is 0.116. The Labute approximate surface area is 80.8 Å². The average Bonchev–Trinajstić information content (AvgIpc) is 2.10. The fourth-order valence-corrected chi connectivity index (χ4v) is 0.890. The molecule has 0 aliphatic heterocycles. The van der Waals surface area contributed by atoms with Gasteiger partial charge in [-0.15, -0.1) is 6.58 Å². The van der Waals surface area contributed by atoms with Crippen LogP contribution in [0, 0.1) is 0 Å². The number of amides is 1. The summed E-state index contributed by atoms with van der Waals surface area (Å²) >= 11 is 0. The van der Waals surface area contributed by atoms with Gasteiger partial charge in [0, 0.05) is 20.1 Å². The lowest BCUT2D eigenvalue weighted by molar-refractivity contribution is -0.127. The number of hydrogen-bond donors (Lipinski definition) is 1. The normalized spacial score (nSPS) is 12.2. The Hall–Kier alpha value is -0.830. The molecule has 3 heteroatoms. The third-order valence-corrected chi connectivity index (χ3v) is 1.90. The molecule has 0 spiro atoms. The van der Waals surface area contributed by atoms with E-state index in [4.69, 9.17) is 0 Å². The summed E-state index contributed by atoms with van der Waals surface area (Å²) in [5, 5.41) is 3.16. The number of nitrogens with zero attached hydrogens (tertiary/aromatic N) is 1. The second kappa shape index (κ2) is 6.66. The smallest absolute Gasteiger partial charge is 0.236 e. The van der Waals surface area contributed by atoms with Crippen molar-refractivity contribution in [3.05, 3.63) is 12.7 Å². The van der Waals surface area contributed by atoms with Crippen LogP contribution in [0.1, 0.15) is 19.8 Å². The molecule has 0 saturated heterocycles. The molecule has 0 rings (SSSR count). The monoisotopic (exact) mass is 184 g/mol. The van der Waals surface area contributed by atoms with E-state index >= 15 is 0 Å². The lowest BCUT2D eigenvalue weighted by Gasteiger charge is -2.15. The van der Waals surface area contributed by atoms with E-state index in [1.165, 1.54) is 0 Å². The maximum atomic E-state index is 11.2. The largest absolute Gasteiger partial charge is 0.348 e. The molecule has 0 saturated carbocycles. The molecule has 1 atom stereocenters. The third kappa shape index (κ3) is 6.34. The van der Waals surface area contributed by atoms with Crippen LogP contribution in [0.25, 0.3) is 0 Å². The highest BCUT2D eigenvalue weighted by Gasteiger charge is 2.05. The summed E-state index contributed by atoms with van der Waals surface area (Å²) in [5.41, 5.74) is 0. The lowest BCUT2D eigenvalue weighted by atomic mass is 10.2. The van der Waals surface area contributed by atoms with Gasteiger partial charge in [-0.05, 0) is 19.8 Å². The van der Waals surface area contributed by atoms with Crippen LogP contribution in [0.5, 0.6) is 0 Å². The van der Waals surface area contributed by atoms with E-state index in [0.717, 1.165) is 12.8 Å². The summed E-state index contributed by atoms with van der Waals surface area (Å²) in [6.45, 7) is 6.15. The first-order chi connectivity index (χ1) is 6.07. The molecular formula is C10H20N2O. The molecule has 0 heterocycles. The van der Waals surface area contributed by atoms with Crippen molar-refractivity contribution in [2.75, 3.05) is 20.6 Å². The topological polar surface area (TPSA) is 32.3 Å². The average molecular weight is 184 g/mol. The van der Waals surface area contributed by atoms with Gasteiger partial charge < -0.3 is 10.2 Å². The number of likely N-dealkylation sites (N-methyl/N-ethyl adjacent to an activating group) is 1. The molecule has 0 aromatic rings. The van der Waals surface area contributed by atoms with Crippen LogP contribution in [0.15, 0.2) is 12.7 Å². The minimum Gasteiger partial charge on any atom is -0.348 e. The Morgan fingerprint density at radius 3 is 2.69 bits per heavy atom. The van der Waals surface area contributed by atoms with Crippen molar-refractivity contribution in [1.82, 2.24) is 10.2 Å². The van der Waals surface area contributed by atoms with Crippen LogP contribution in [0.4, 0.5) is 0 Å². The van der Waals surface area contributed by atoms with Gasteiger partial charge in [0.1, 0.15) is 0 Å². The molecule has 1 amide bonds. The Morgan fingerprint density at radius 1 is 1.62 bits per heavy atom. The van der Waals surface area contributed by atoms with Crippen LogP contribution < -0.4 is 5.32 Å². The van der Waals surface area contributed by atoms with Gasteiger partial charge in [-0.1, -0.05) is 6.08 Å². The van der Waals surface area contributed by atoms with Gasteiger partial charge in [0.2, 0.25) is 5.91 Å². The second-order valence-electron chi connectivity index (χ2n) is 3.44. The number of carbonyl (C=O) groups is 1. The van der Waals surface area contributed by atoms with Crippen molar-refractivity contribution in [3.63, 3.8) is 0 Å². The summed E-state index contributed by atoms with van der Waals surface area (Å²) in [4.78, 5) is 12.8. The molecule has 0 unspecified atom stereocenters. The second-order valence-corrected chi connectivity index (χ2v) is 3.44. The van der Waals surface area contributed by atoms with Crippen LogP contribution >= 0.6 is 0 Å². The Balaban J connectivity index is 3.51. The van der Waals surface area contributed by atoms with Gasteiger partial charge >= 0.3 is 0 Å². The summed E-state index contributed by atoms with van der Waals surface area (Å²) in [7, 11) is 3.52. The standard InChI is InChI=1S/C10H20N2O/c1-5-6-7-9(2)11-8-10(13)12(3)4/h5,9,11H,1,6-8H2,2-4H3/t9-/m0/s1. The lowest BCUT2D eigenvalue weighted by Crippen LogP contribution is -2.37. The molecule has 0 fully saturated rings. The quantitative estimate of drug-likeness (QED) is 0.625. The first kappa shape index (κ1) is 12.2. The summed E-state index contributed by atoms with van der Waals surface area (Å²) < 4.78 is 0. The molecule has 0 radical (unpaired) electrons. The Kier molecular flexibility index (Phi) is 6.24. The molecule has 0 aromatic heterocycles. The molecular weight excluding hydrogens is 164 g/mol. The van der Waals surface area contributed by atoms with Gasteiger partial charge in [-0.3, -0.25) is 4.79 Å². The van der Waals surface area contributed by atoms with Crippen molar-refractivity contribution in [3.8, 4) is 0 Å². The van der Waals surface area contributed by atoms with Gasteiger partial charge in [-0.2, -0.15) is 0 Å². The highest BCUT2D eigenvalue weighted by atomic mass is 16.2. The zero-order chi connectivity index (χ0) is 10.3. The van der Waals surface area contributed by atoms with E-state index < -0.39 is 0 Å². The molecule has 0 aliphatic carbocycles. The van der Waals surface area contributed by atoms with Crippen molar-refractivity contribution >= 4 is 5.91 Å². The predicted octanol–water partition coefficient (Wildman–Crippen LogP) is 1.02. The number of rotatable bonds is 6. The number of nitrogens with one attached hydrogen (secondary N) is 1. The van der Waals surface area contributed by atoms with E-state index in [1.807, 2.05) is 6.08 Å². The SMILES string of the molecule is C=CCC[C@H](C)NCC(=O)N(C)C. The summed E-state index contributed by atoms with van der Waals surface area (Å²) in [6.07, 6.45) is 3.92. The fourth-order valence-electron chi connectivity index (χ4n) is 0.890. The van der Waals surface area contributed by atoms with E-state index in [0.29, 0.717) is 12.6 Å². The van der Waals surface area contributed by atoms with Gasteiger partial charge in [0.15, 0.2) is 0 Å². The Morgan fingerprint density at radius 2 is 2.23 bits per heavy atom. The molecule has 13 heavy (non-hydrogen) atoms. The van der Waals surface area contributed by atoms with E-state index in [2.05, 4.69) is 18.8 Å². The van der Waals surface area contributed by atoms with Crippen LogP contribution in [0.2, 0.25) is 0 Å². The highest BCUT2D eigenvalue weighted by Crippen LogP contribution is 1.95. The molecule has 76 valence electrons. The first-order valence-electron chi connectivity index (χ1n) is 4.62. The highest BCUT2D eigenvalue weighted by molar-refractivity contribution is 5.77. The first-order valence-corrected chi connectivity index (χ1v) is 4.62. The van der Waals surface area contributed by atoms with Crippen molar-refractivity contribution in [2.45, 2.75) is 25.8 Å². The molecule has 0 aromatic carbocycles. The number of carbonyl (C=O) groups excluding carboxylic acids is 1. The maximum absolute atomic E-state index is 11.2. The van der Waals surface area contributed by atoms with Gasteiger partial charge in [0.25, 0.3) is 0 Å². The van der Waals surface area contributed by atoms with Crippen LogP contribution in [-0.2, 0) is 4.79 Å². The number of hydrogen-bond acceptors (Lipinski definition) is 2. The number of allylic oxidation sites excluding steroid dienone is 1. The van der Waals surface area contributed by atoms with E-state index in [1.54, 1.807) is 19.0 Å². The van der Waals surface area contributed by atoms with E-state index in [-0.39, 0.29) is 5.91 Å². The molecule has 0 aliphatic rings. The minimum absolute atomic E-state index is 0.116. The maximum Gasteiger partial charge on any atom is 0.236 e. The van der Waals surface area contributed by atoms with Crippen molar-refractivity contribution in [2.24, 2.45) is 0 Å². The zero-order valence-electron chi connectivity index (χ0n) is 8.84. The van der Waals surface area contributed by atoms with Crippen LogP contribution in [0.3, 0.4) is 0 Å². The zero-order valence-corrected chi connectivity index (χ0v) is 8.84. The van der Waals surface area contributed by atoms with Gasteiger partial charge in [-0.25, -0.2) is 0 Å². The van der Waals surface area contributed by atoms with E-state index in [9.17, 15) is 4.79 Å². The van der Waals surface area contributed by atoms with Crippen molar-refractivity contribution < 1.29 is 4.79 Å². The molecule has 3 nitrogen and oxygen atoms in total. The minimum atomic E-state index is 0.116. The third-order valence-electron chi connectivity index (χ3n) is 1.90. The van der Waals surface area contributed by atoms with Crippen LogP contribution in [-0.4, -0.2) is 37.5 Å². The van der Waals surface area contributed by atoms with Gasteiger partial charge in [0.05, 0.1) is 6.54 Å². The predicted molar refractivity (Wildman–Crippen MR) is 55.6 cm³/mol. The van der Waals surface area contributed by atoms with Crippen molar-refractivity contribution in [1.29, 1.82) is 0 Å². The fraction of sp³-hybridized carbons (Fsp3) is 0.700. The summed E-state index contributed by atoms with van der Waals surface area (Å²) in [6, 6.07) is 0.377.